The van der Waals surface area contributed by atoms with Crippen LogP contribution in [0.5, 0.6) is 0 Å². The number of nitro benzene ring substituents is 1. The van der Waals surface area contributed by atoms with Crippen LogP contribution in [-0.2, 0) is 16.0 Å². The van der Waals surface area contributed by atoms with Crippen molar-refractivity contribution in [1.82, 2.24) is 4.90 Å². The second kappa shape index (κ2) is 9.84. The molecule has 9 heteroatoms. The van der Waals surface area contributed by atoms with Crippen LogP contribution in [0.4, 0.5) is 11.4 Å². The van der Waals surface area contributed by atoms with Crippen LogP contribution in [0.1, 0.15) is 22.3 Å². The lowest BCUT2D eigenvalue weighted by atomic mass is 10.1. The zero-order valence-corrected chi connectivity index (χ0v) is 18.7. The molecule has 1 saturated heterocycles. The number of imide groups is 1. The summed E-state index contributed by atoms with van der Waals surface area (Å²) in [6, 6.07) is 19.9. The monoisotopic (exact) mass is 477 g/mol. The van der Waals surface area contributed by atoms with Crippen molar-refractivity contribution >= 4 is 40.7 Å². The second-order valence-corrected chi connectivity index (χ2v) is 8.25. The van der Waals surface area contributed by atoms with Gasteiger partial charge >= 0.3 is 0 Å². The fourth-order valence-electron chi connectivity index (χ4n) is 3.97. The zero-order valence-electron chi connectivity index (χ0n) is 18.0. The molecule has 3 amide bonds. The molecule has 0 N–H and O–H groups in total. The Kier molecular flexibility index (Phi) is 6.70. The van der Waals surface area contributed by atoms with Gasteiger partial charge in [0.25, 0.3) is 17.5 Å². The normalized spacial score (nSPS) is 15.4. The third-order valence-corrected chi connectivity index (χ3v) is 5.84. The standard InChI is InChI=1S/C25H20ClN3O5/c26-19-8-4-6-17(14-19)12-13-27(24(31)18-7-5-11-21(15-18)29(33)34)22-16-23(30)28(25(22)32)20-9-2-1-3-10-20/h1-11,14-15,22H,12-13,16H2. The first-order chi connectivity index (χ1) is 16.3. The predicted molar refractivity (Wildman–Crippen MR) is 127 cm³/mol. The van der Waals surface area contributed by atoms with Crippen LogP contribution in [0.15, 0.2) is 78.9 Å². The lowest BCUT2D eigenvalue weighted by Crippen LogP contribution is -2.46. The van der Waals surface area contributed by atoms with Crippen LogP contribution in [0.25, 0.3) is 0 Å². The first kappa shape index (κ1) is 23.1. The van der Waals surface area contributed by atoms with E-state index in [-0.39, 0.29) is 24.2 Å². The van der Waals surface area contributed by atoms with Gasteiger partial charge in [0.15, 0.2) is 0 Å². The summed E-state index contributed by atoms with van der Waals surface area (Å²) in [4.78, 5) is 52.6. The fraction of sp³-hybridized carbons (Fsp3) is 0.160. The van der Waals surface area contributed by atoms with Crippen molar-refractivity contribution in [3.63, 3.8) is 0 Å². The number of carbonyl (C=O) groups is 3. The number of rotatable bonds is 7. The summed E-state index contributed by atoms with van der Waals surface area (Å²) in [6.07, 6.45) is 0.203. The highest BCUT2D eigenvalue weighted by Crippen LogP contribution is 2.27. The van der Waals surface area contributed by atoms with E-state index in [1.807, 2.05) is 6.07 Å². The van der Waals surface area contributed by atoms with Gasteiger partial charge in [0.05, 0.1) is 17.0 Å². The number of para-hydroxylation sites is 1. The Morgan fingerprint density at radius 2 is 1.76 bits per heavy atom. The number of nitrogens with zero attached hydrogens (tertiary/aromatic N) is 3. The van der Waals surface area contributed by atoms with E-state index in [2.05, 4.69) is 0 Å². The number of benzene rings is 3. The number of amides is 3. The summed E-state index contributed by atoms with van der Waals surface area (Å²) >= 11 is 6.07. The van der Waals surface area contributed by atoms with E-state index in [0.29, 0.717) is 17.1 Å². The van der Waals surface area contributed by atoms with Crippen LogP contribution in [0.2, 0.25) is 5.02 Å². The number of carbonyl (C=O) groups excluding carboxylic acids is 3. The molecule has 0 aliphatic carbocycles. The van der Waals surface area contributed by atoms with Crippen molar-refractivity contribution < 1.29 is 19.3 Å². The molecule has 3 aromatic rings. The summed E-state index contributed by atoms with van der Waals surface area (Å²) in [6.45, 7) is 0.119. The quantitative estimate of drug-likeness (QED) is 0.287. The molecule has 0 bridgehead atoms. The van der Waals surface area contributed by atoms with Crippen molar-refractivity contribution in [1.29, 1.82) is 0 Å². The van der Waals surface area contributed by atoms with Gasteiger partial charge in [-0.25, -0.2) is 4.90 Å². The average Bonchev–Trinajstić information content (AvgIpc) is 3.13. The number of hydrogen-bond donors (Lipinski definition) is 0. The van der Waals surface area contributed by atoms with Crippen LogP contribution in [-0.4, -0.2) is 40.1 Å². The maximum absolute atomic E-state index is 13.5. The highest BCUT2D eigenvalue weighted by atomic mass is 35.5. The molecule has 1 heterocycles. The molecule has 0 saturated carbocycles. The Labute approximate surface area is 200 Å². The summed E-state index contributed by atoms with van der Waals surface area (Å²) in [5.74, 6) is -1.49. The van der Waals surface area contributed by atoms with Crippen LogP contribution in [0.3, 0.4) is 0 Å². The van der Waals surface area contributed by atoms with Crippen molar-refractivity contribution in [2.75, 3.05) is 11.4 Å². The summed E-state index contributed by atoms with van der Waals surface area (Å²) < 4.78 is 0. The van der Waals surface area contributed by atoms with Crippen molar-refractivity contribution in [2.24, 2.45) is 0 Å². The van der Waals surface area contributed by atoms with Gasteiger partial charge in [-0.15, -0.1) is 0 Å². The van der Waals surface area contributed by atoms with Gasteiger partial charge < -0.3 is 4.90 Å². The fourth-order valence-corrected chi connectivity index (χ4v) is 4.18. The Hall–Kier alpha value is -4.04. The number of hydrogen-bond acceptors (Lipinski definition) is 5. The maximum atomic E-state index is 13.5. The third-order valence-electron chi connectivity index (χ3n) is 5.61. The summed E-state index contributed by atoms with van der Waals surface area (Å²) in [5, 5.41) is 11.7. The number of anilines is 1. The van der Waals surface area contributed by atoms with Gasteiger partial charge in [-0.2, -0.15) is 0 Å². The third kappa shape index (κ3) is 4.82. The maximum Gasteiger partial charge on any atom is 0.270 e. The smallest absolute Gasteiger partial charge is 0.270 e. The SMILES string of the molecule is O=C1CC(N(CCc2cccc(Cl)c2)C(=O)c2cccc([N+](=O)[O-])c2)C(=O)N1c1ccccc1. The van der Waals surface area contributed by atoms with E-state index in [4.69, 9.17) is 11.6 Å². The number of non-ortho nitro benzene ring substituents is 1. The Morgan fingerprint density at radius 3 is 2.47 bits per heavy atom. The summed E-state index contributed by atoms with van der Waals surface area (Å²) in [7, 11) is 0. The molecule has 3 aromatic carbocycles. The van der Waals surface area contributed by atoms with Gasteiger partial charge in [0.2, 0.25) is 5.91 Å². The van der Waals surface area contributed by atoms with Crippen LogP contribution >= 0.6 is 11.6 Å². The molecule has 34 heavy (non-hydrogen) atoms. The molecular weight excluding hydrogens is 458 g/mol. The van der Waals surface area contributed by atoms with Crippen LogP contribution < -0.4 is 4.90 Å². The van der Waals surface area contributed by atoms with E-state index in [1.165, 1.54) is 29.2 Å². The number of nitro groups is 1. The van der Waals surface area contributed by atoms with Gasteiger partial charge in [-0.3, -0.25) is 24.5 Å². The molecule has 0 aromatic heterocycles. The second-order valence-electron chi connectivity index (χ2n) is 7.81. The van der Waals surface area contributed by atoms with Gasteiger partial charge in [-0.1, -0.05) is 48.0 Å². The Bertz CT molecular complexity index is 1260. The first-order valence-electron chi connectivity index (χ1n) is 10.6. The minimum atomic E-state index is -1.03. The minimum absolute atomic E-state index is 0.0682. The molecule has 0 radical (unpaired) electrons. The largest absolute Gasteiger partial charge is 0.326 e. The molecule has 1 fully saturated rings. The molecule has 4 rings (SSSR count). The lowest BCUT2D eigenvalue weighted by molar-refractivity contribution is -0.384. The minimum Gasteiger partial charge on any atom is -0.326 e. The van der Waals surface area contributed by atoms with Crippen LogP contribution in [0, 0.1) is 10.1 Å². The molecule has 1 atom stereocenters. The number of halogens is 1. The predicted octanol–water partition coefficient (Wildman–Crippen LogP) is 4.27. The van der Waals surface area contributed by atoms with Gasteiger partial charge in [-0.05, 0) is 42.3 Å². The van der Waals surface area contributed by atoms with E-state index in [1.54, 1.807) is 48.5 Å². The van der Waals surface area contributed by atoms with E-state index in [0.717, 1.165) is 10.5 Å². The highest BCUT2D eigenvalue weighted by molar-refractivity contribution is 6.30. The van der Waals surface area contributed by atoms with Crippen molar-refractivity contribution in [3.05, 3.63) is 105 Å². The molecule has 1 aliphatic rings. The Morgan fingerprint density at radius 1 is 1.03 bits per heavy atom. The van der Waals surface area contributed by atoms with Gasteiger partial charge in [0, 0.05) is 29.3 Å². The van der Waals surface area contributed by atoms with Crippen molar-refractivity contribution in [3.8, 4) is 0 Å². The Balaban J connectivity index is 1.66. The summed E-state index contributed by atoms with van der Waals surface area (Å²) in [5.41, 5.74) is 1.11. The van der Waals surface area contributed by atoms with E-state index < -0.39 is 28.7 Å². The molecule has 172 valence electrons. The molecular formula is C25H20ClN3O5. The first-order valence-corrected chi connectivity index (χ1v) is 10.9. The van der Waals surface area contributed by atoms with E-state index >= 15 is 0 Å². The van der Waals surface area contributed by atoms with E-state index in [9.17, 15) is 24.5 Å². The van der Waals surface area contributed by atoms with Gasteiger partial charge in [0.1, 0.15) is 6.04 Å². The lowest BCUT2D eigenvalue weighted by Gasteiger charge is -2.28. The molecule has 0 spiro atoms. The highest BCUT2D eigenvalue weighted by Gasteiger charge is 2.44. The average molecular weight is 478 g/mol. The van der Waals surface area contributed by atoms with Crippen molar-refractivity contribution in [2.45, 2.75) is 18.9 Å². The molecule has 1 aliphatic heterocycles. The zero-order chi connectivity index (χ0) is 24.2. The molecule has 1 unspecified atom stereocenters. The topological polar surface area (TPSA) is 101 Å². The molecule has 8 nitrogen and oxygen atoms in total.